The van der Waals surface area contributed by atoms with Crippen LogP contribution in [-0.2, 0) is 6.54 Å². The van der Waals surface area contributed by atoms with Gasteiger partial charge in [0.25, 0.3) is 0 Å². The van der Waals surface area contributed by atoms with Crippen LogP contribution in [0.3, 0.4) is 0 Å². The van der Waals surface area contributed by atoms with Gasteiger partial charge in [0, 0.05) is 12.1 Å². The summed E-state index contributed by atoms with van der Waals surface area (Å²) in [6.45, 7) is 5.76. The zero-order chi connectivity index (χ0) is 15.8. The van der Waals surface area contributed by atoms with E-state index in [0.29, 0.717) is 0 Å². The van der Waals surface area contributed by atoms with Crippen molar-refractivity contribution in [1.29, 1.82) is 0 Å². The number of aryl methyl sites for hydroxylation is 1. The van der Waals surface area contributed by atoms with Gasteiger partial charge >= 0.3 is 0 Å². The van der Waals surface area contributed by atoms with Gasteiger partial charge in [0.2, 0.25) is 0 Å². The summed E-state index contributed by atoms with van der Waals surface area (Å²) in [6, 6.07) is 16.4. The van der Waals surface area contributed by atoms with Crippen LogP contribution in [0.15, 0.2) is 48.5 Å². The quantitative estimate of drug-likeness (QED) is 0.594. The molecule has 2 rings (SSSR count). The van der Waals surface area contributed by atoms with Crippen LogP contribution in [0.4, 0.5) is 0 Å². The van der Waals surface area contributed by atoms with Crippen LogP contribution in [-0.4, -0.2) is 11.6 Å². The third kappa shape index (κ3) is 5.15. The first-order valence-electron chi connectivity index (χ1n) is 7.75. The second kappa shape index (κ2) is 8.54. The lowest BCUT2D eigenvalue weighted by Crippen LogP contribution is -2.21. The van der Waals surface area contributed by atoms with Crippen molar-refractivity contribution in [2.75, 3.05) is 6.61 Å². The summed E-state index contributed by atoms with van der Waals surface area (Å²) in [4.78, 5) is 0.765. The smallest absolute Gasteiger partial charge is 0.119 e. The molecule has 0 aliphatic rings. The highest BCUT2D eigenvalue weighted by Gasteiger charge is 2.02. The molecule has 0 fully saturated rings. The molecule has 0 spiro atoms. The fourth-order valence-electron chi connectivity index (χ4n) is 2.03. The Balaban J connectivity index is 1.85. The number of nitrogens with one attached hydrogen (secondary N) is 1. The topological polar surface area (TPSA) is 21.3 Å². The van der Waals surface area contributed by atoms with E-state index in [1.54, 1.807) is 0 Å². The van der Waals surface area contributed by atoms with E-state index in [2.05, 4.69) is 43.4 Å². The molecule has 0 saturated carbocycles. The van der Waals surface area contributed by atoms with E-state index >= 15 is 0 Å². The molecule has 2 aromatic rings. The molecule has 22 heavy (non-hydrogen) atoms. The van der Waals surface area contributed by atoms with Crippen molar-refractivity contribution in [1.82, 2.24) is 5.32 Å². The summed E-state index contributed by atoms with van der Waals surface area (Å²) >= 11 is 5.44. The Morgan fingerprint density at radius 2 is 1.73 bits per heavy atom. The molecule has 0 aliphatic carbocycles. The van der Waals surface area contributed by atoms with Gasteiger partial charge in [-0.2, -0.15) is 0 Å². The van der Waals surface area contributed by atoms with Crippen molar-refractivity contribution in [3.05, 3.63) is 65.2 Å². The van der Waals surface area contributed by atoms with E-state index in [1.807, 2.05) is 24.3 Å². The zero-order valence-electron chi connectivity index (χ0n) is 13.3. The Morgan fingerprint density at radius 1 is 1.05 bits per heavy atom. The van der Waals surface area contributed by atoms with E-state index in [9.17, 15) is 0 Å². The summed E-state index contributed by atoms with van der Waals surface area (Å²) in [6.07, 6.45) is 2.23. The molecule has 0 aliphatic heterocycles. The molecule has 0 heterocycles. The molecule has 0 bridgehead atoms. The SMILES string of the molecule is CCCCOc1ccc(C(=S)NCc2ccc(C)cc2)cc1. The first-order chi connectivity index (χ1) is 10.7. The van der Waals surface area contributed by atoms with Crippen LogP contribution in [0.2, 0.25) is 0 Å². The van der Waals surface area contributed by atoms with Gasteiger partial charge in [-0.1, -0.05) is 55.4 Å². The monoisotopic (exact) mass is 313 g/mol. The maximum Gasteiger partial charge on any atom is 0.119 e. The van der Waals surface area contributed by atoms with Crippen LogP contribution in [0.1, 0.15) is 36.5 Å². The number of rotatable bonds is 7. The van der Waals surface area contributed by atoms with Crippen molar-refractivity contribution >= 4 is 17.2 Å². The standard InChI is InChI=1S/C19H23NOS/c1-3-4-13-21-18-11-9-17(10-12-18)19(22)20-14-16-7-5-15(2)6-8-16/h5-12H,3-4,13-14H2,1-2H3,(H,20,22). The Labute approximate surface area is 138 Å². The molecule has 0 amide bonds. The zero-order valence-corrected chi connectivity index (χ0v) is 14.1. The van der Waals surface area contributed by atoms with Gasteiger partial charge < -0.3 is 10.1 Å². The number of hydrogen-bond acceptors (Lipinski definition) is 2. The number of unbranched alkanes of at least 4 members (excludes halogenated alkanes) is 1. The third-order valence-electron chi connectivity index (χ3n) is 3.46. The molecular formula is C19H23NOS. The Hall–Kier alpha value is -1.87. The predicted molar refractivity (Wildman–Crippen MR) is 96.6 cm³/mol. The highest BCUT2D eigenvalue weighted by Crippen LogP contribution is 2.13. The van der Waals surface area contributed by atoms with E-state index in [-0.39, 0.29) is 0 Å². The first kappa shape index (κ1) is 16.5. The minimum atomic E-state index is 0.744. The minimum Gasteiger partial charge on any atom is -0.494 e. The second-order valence-corrected chi connectivity index (χ2v) is 5.80. The number of hydrogen-bond donors (Lipinski definition) is 1. The normalized spacial score (nSPS) is 10.3. The summed E-state index contributed by atoms with van der Waals surface area (Å²) in [5.41, 5.74) is 3.52. The lowest BCUT2D eigenvalue weighted by molar-refractivity contribution is 0.309. The molecule has 0 radical (unpaired) electrons. The molecule has 2 nitrogen and oxygen atoms in total. The van der Waals surface area contributed by atoms with Crippen molar-refractivity contribution in [3.63, 3.8) is 0 Å². The van der Waals surface area contributed by atoms with E-state index in [1.165, 1.54) is 11.1 Å². The summed E-state index contributed by atoms with van der Waals surface area (Å²) in [7, 11) is 0. The summed E-state index contributed by atoms with van der Waals surface area (Å²) in [5, 5.41) is 3.30. The van der Waals surface area contributed by atoms with Crippen LogP contribution >= 0.6 is 12.2 Å². The van der Waals surface area contributed by atoms with Gasteiger partial charge in [-0.3, -0.25) is 0 Å². The average Bonchev–Trinajstić information content (AvgIpc) is 2.55. The van der Waals surface area contributed by atoms with Crippen molar-refractivity contribution in [3.8, 4) is 5.75 Å². The molecule has 0 saturated heterocycles. The average molecular weight is 313 g/mol. The molecule has 0 atom stereocenters. The van der Waals surface area contributed by atoms with E-state index in [0.717, 1.165) is 42.3 Å². The molecular weight excluding hydrogens is 290 g/mol. The second-order valence-electron chi connectivity index (χ2n) is 5.39. The van der Waals surface area contributed by atoms with Gasteiger partial charge in [0.05, 0.1) is 6.61 Å². The maximum absolute atomic E-state index is 5.66. The van der Waals surface area contributed by atoms with Crippen LogP contribution < -0.4 is 10.1 Å². The van der Waals surface area contributed by atoms with Crippen molar-refractivity contribution in [2.24, 2.45) is 0 Å². The minimum absolute atomic E-state index is 0.744. The first-order valence-corrected chi connectivity index (χ1v) is 8.16. The van der Waals surface area contributed by atoms with Crippen molar-refractivity contribution < 1.29 is 4.74 Å². The van der Waals surface area contributed by atoms with Crippen molar-refractivity contribution in [2.45, 2.75) is 33.2 Å². The van der Waals surface area contributed by atoms with Gasteiger partial charge in [-0.05, 0) is 43.2 Å². The van der Waals surface area contributed by atoms with E-state index in [4.69, 9.17) is 17.0 Å². The number of benzene rings is 2. The summed E-state index contributed by atoms with van der Waals surface area (Å²) in [5.74, 6) is 0.901. The van der Waals surface area contributed by atoms with Gasteiger partial charge in [-0.15, -0.1) is 0 Å². The Kier molecular flexibility index (Phi) is 6.41. The summed E-state index contributed by atoms with van der Waals surface area (Å²) < 4.78 is 5.66. The molecule has 0 aromatic heterocycles. The van der Waals surface area contributed by atoms with Crippen LogP contribution in [0.5, 0.6) is 5.75 Å². The van der Waals surface area contributed by atoms with Gasteiger partial charge in [0.1, 0.15) is 10.7 Å². The third-order valence-corrected chi connectivity index (χ3v) is 3.84. The molecule has 116 valence electrons. The predicted octanol–water partition coefficient (Wildman–Crippen LogP) is 4.64. The largest absolute Gasteiger partial charge is 0.494 e. The maximum atomic E-state index is 5.66. The highest BCUT2D eigenvalue weighted by molar-refractivity contribution is 7.80. The lowest BCUT2D eigenvalue weighted by atomic mass is 10.1. The number of ether oxygens (including phenoxy) is 1. The number of thiocarbonyl (C=S) groups is 1. The molecule has 2 aromatic carbocycles. The molecule has 0 unspecified atom stereocenters. The van der Waals surface area contributed by atoms with Crippen LogP contribution in [0, 0.1) is 6.92 Å². The van der Waals surface area contributed by atoms with E-state index < -0.39 is 0 Å². The fourth-order valence-corrected chi connectivity index (χ4v) is 2.24. The van der Waals surface area contributed by atoms with Crippen LogP contribution in [0.25, 0.3) is 0 Å². The Bertz CT molecular complexity index is 590. The molecule has 3 heteroatoms. The highest BCUT2D eigenvalue weighted by atomic mass is 32.1. The molecule has 1 N–H and O–H groups in total. The van der Waals surface area contributed by atoms with Gasteiger partial charge in [-0.25, -0.2) is 0 Å². The lowest BCUT2D eigenvalue weighted by Gasteiger charge is -2.10. The van der Waals surface area contributed by atoms with Gasteiger partial charge in [0.15, 0.2) is 0 Å². The Morgan fingerprint density at radius 3 is 2.36 bits per heavy atom. The fraction of sp³-hybridized carbons (Fsp3) is 0.316.